The van der Waals surface area contributed by atoms with E-state index in [4.69, 9.17) is 0 Å². The Balaban J connectivity index is 2.81. The Hall–Kier alpha value is -1.22. The van der Waals surface area contributed by atoms with Crippen molar-refractivity contribution in [3.05, 3.63) is 34.5 Å². The molecule has 0 aliphatic carbocycles. The molecule has 0 fully saturated rings. The van der Waals surface area contributed by atoms with Crippen LogP contribution < -0.4 is 0 Å². The quantitative estimate of drug-likeness (QED) is 0.637. The molecule has 0 unspecified atom stereocenters. The van der Waals surface area contributed by atoms with Gasteiger partial charge in [0.05, 0.1) is 0 Å². The van der Waals surface area contributed by atoms with Gasteiger partial charge in [0.1, 0.15) is 12.1 Å². The van der Waals surface area contributed by atoms with Gasteiger partial charge in [-0.2, -0.15) is 0 Å². The Kier molecular flexibility index (Phi) is 1.88. The van der Waals surface area contributed by atoms with Crippen LogP contribution in [0.4, 0.5) is 4.39 Å². The van der Waals surface area contributed by atoms with Crippen molar-refractivity contribution >= 4 is 27.7 Å². The van der Waals surface area contributed by atoms with Gasteiger partial charge in [0, 0.05) is 20.5 Å². The summed E-state index contributed by atoms with van der Waals surface area (Å²) in [5.41, 5.74) is 0.518. The predicted molar refractivity (Wildman–Crippen MR) is 51.9 cm³/mol. The van der Waals surface area contributed by atoms with Gasteiger partial charge in [-0.1, -0.05) is 6.07 Å². The van der Waals surface area contributed by atoms with E-state index in [0.717, 1.165) is 11.0 Å². The average molecular weight is 194 g/mol. The Morgan fingerprint density at radius 2 is 2.23 bits per heavy atom. The van der Waals surface area contributed by atoms with E-state index in [0.29, 0.717) is 15.8 Å². The molecule has 1 aromatic heterocycles. The molecule has 2 aromatic rings. The second-order valence-corrected chi connectivity index (χ2v) is 4.10. The first-order valence-corrected chi connectivity index (χ1v) is 4.68. The number of benzene rings is 1. The number of hydrogen-bond donors (Lipinski definition) is 0. The summed E-state index contributed by atoms with van der Waals surface area (Å²) >= 11 is 1.41. The molecule has 1 nitrogen and oxygen atoms in total. The summed E-state index contributed by atoms with van der Waals surface area (Å²) in [6.45, 7) is 1.74. The maximum absolute atomic E-state index is 13.4. The predicted octanol–water partition coefficient (Wildman–Crippen LogP) is 3.16. The Labute approximate surface area is 78.8 Å². The minimum atomic E-state index is -0.205. The number of hydrogen-bond acceptors (Lipinski definition) is 2. The van der Waals surface area contributed by atoms with Crippen LogP contribution in [0.5, 0.6) is 0 Å². The van der Waals surface area contributed by atoms with Gasteiger partial charge in [0.25, 0.3) is 0 Å². The fraction of sp³-hybridized carbons (Fsp3) is 0.100. The summed E-state index contributed by atoms with van der Waals surface area (Å²) in [5, 5.41) is 0.548. The minimum absolute atomic E-state index is 0.205. The van der Waals surface area contributed by atoms with E-state index >= 15 is 0 Å². The zero-order valence-corrected chi connectivity index (χ0v) is 7.82. The standard InChI is InChI=1S/C10H7FOS/c1-6-10(11)8-4-7(5-12)2-3-9(8)13-6/h2-5H,1H3. The van der Waals surface area contributed by atoms with Gasteiger partial charge in [-0.05, 0) is 19.1 Å². The highest BCUT2D eigenvalue weighted by Gasteiger charge is 2.08. The summed E-state index contributed by atoms with van der Waals surface area (Å²) in [6, 6.07) is 5.06. The Morgan fingerprint density at radius 3 is 2.92 bits per heavy atom. The van der Waals surface area contributed by atoms with E-state index in [9.17, 15) is 9.18 Å². The third kappa shape index (κ3) is 1.25. The average Bonchev–Trinajstić information content (AvgIpc) is 2.43. The van der Waals surface area contributed by atoms with E-state index in [1.54, 1.807) is 25.1 Å². The minimum Gasteiger partial charge on any atom is -0.298 e. The van der Waals surface area contributed by atoms with Crippen molar-refractivity contribution in [3.63, 3.8) is 0 Å². The molecule has 1 aromatic carbocycles. The van der Waals surface area contributed by atoms with Crippen LogP contribution in [0.15, 0.2) is 18.2 Å². The lowest BCUT2D eigenvalue weighted by Gasteiger charge is -1.90. The number of carbonyl (C=O) groups is 1. The third-order valence-corrected chi connectivity index (χ3v) is 3.01. The Bertz CT molecular complexity index is 473. The van der Waals surface area contributed by atoms with Crippen molar-refractivity contribution in [1.29, 1.82) is 0 Å². The summed E-state index contributed by atoms with van der Waals surface area (Å²) < 4.78 is 14.3. The van der Waals surface area contributed by atoms with Gasteiger partial charge in [-0.3, -0.25) is 4.79 Å². The fourth-order valence-electron chi connectivity index (χ4n) is 1.28. The van der Waals surface area contributed by atoms with Crippen LogP contribution in [-0.4, -0.2) is 6.29 Å². The monoisotopic (exact) mass is 194 g/mol. The summed E-state index contributed by atoms with van der Waals surface area (Å²) in [5.74, 6) is -0.205. The van der Waals surface area contributed by atoms with Crippen molar-refractivity contribution in [2.75, 3.05) is 0 Å². The first-order chi connectivity index (χ1) is 6.22. The van der Waals surface area contributed by atoms with E-state index in [-0.39, 0.29) is 5.82 Å². The molecule has 1 heterocycles. The zero-order valence-electron chi connectivity index (χ0n) is 7.00. The molecule has 3 heteroatoms. The molecule has 0 N–H and O–H groups in total. The highest BCUT2D eigenvalue weighted by molar-refractivity contribution is 7.19. The van der Waals surface area contributed by atoms with Gasteiger partial charge < -0.3 is 0 Å². The van der Waals surface area contributed by atoms with Gasteiger partial charge >= 0.3 is 0 Å². The number of thiophene rings is 1. The Morgan fingerprint density at radius 1 is 1.46 bits per heavy atom. The molecule has 0 spiro atoms. The van der Waals surface area contributed by atoms with Crippen LogP contribution in [0, 0.1) is 12.7 Å². The molecule has 0 saturated heterocycles. The van der Waals surface area contributed by atoms with Gasteiger partial charge in [0.2, 0.25) is 0 Å². The van der Waals surface area contributed by atoms with Crippen LogP contribution in [0.3, 0.4) is 0 Å². The number of aryl methyl sites for hydroxylation is 1. The number of rotatable bonds is 1. The molecule has 0 aliphatic rings. The van der Waals surface area contributed by atoms with Crippen molar-refractivity contribution in [2.24, 2.45) is 0 Å². The van der Waals surface area contributed by atoms with E-state index in [1.165, 1.54) is 11.3 Å². The van der Waals surface area contributed by atoms with E-state index in [2.05, 4.69) is 0 Å². The van der Waals surface area contributed by atoms with Crippen molar-refractivity contribution in [3.8, 4) is 0 Å². The lowest BCUT2D eigenvalue weighted by Crippen LogP contribution is -1.78. The molecule has 0 amide bonds. The maximum atomic E-state index is 13.4. The summed E-state index contributed by atoms with van der Waals surface area (Å²) in [7, 11) is 0. The second-order valence-electron chi connectivity index (χ2n) is 2.85. The maximum Gasteiger partial charge on any atom is 0.150 e. The fourth-order valence-corrected chi connectivity index (χ4v) is 2.20. The molecule has 0 radical (unpaired) electrons. The first-order valence-electron chi connectivity index (χ1n) is 3.86. The molecular formula is C10H7FOS. The number of fused-ring (bicyclic) bond motifs is 1. The SMILES string of the molecule is Cc1sc2ccc(C=O)cc2c1F. The lowest BCUT2D eigenvalue weighted by molar-refractivity contribution is 0.112. The molecular weight excluding hydrogens is 187 g/mol. The topological polar surface area (TPSA) is 17.1 Å². The zero-order chi connectivity index (χ0) is 9.42. The largest absolute Gasteiger partial charge is 0.298 e. The number of halogens is 1. The molecule has 2 rings (SSSR count). The van der Waals surface area contributed by atoms with E-state index < -0.39 is 0 Å². The molecule has 0 atom stereocenters. The summed E-state index contributed by atoms with van der Waals surface area (Å²) in [6.07, 6.45) is 0.728. The van der Waals surface area contributed by atoms with Crippen LogP contribution in [0.2, 0.25) is 0 Å². The smallest absolute Gasteiger partial charge is 0.150 e. The third-order valence-electron chi connectivity index (χ3n) is 1.95. The first kappa shape index (κ1) is 8.38. The second kappa shape index (κ2) is 2.92. The molecule has 13 heavy (non-hydrogen) atoms. The van der Waals surface area contributed by atoms with Crippen LogP contribution in [0.25, 0.3) is 10.1 Å². The van der Waals surface area contributed by atoms with Crippen LogP contribution in [0.1, 0.15) is 15.2 Å². The molecule has 66 valence electrons. The highest BCUT2D eigenvalue weighted by atomic mass is 32.1. The molecule has 0 aliphatic heterocycles. The lowest BCUT2D eigenvalue weighted by atomic mass is 10.2. The van der Waals surface area contributed by atoms with Crippen molar-refractivity contribution in [1.82, 2.24) is 0 Å². The summed E-state index contributed by atoms with van der Waals surface area (Å²) in [4.78, 5) is 11.1. The van der Waals surface area contributed by atoms with Crippen molar-refractivity contribution in [2.45, 2.75) is 6.92 Å². The highest BCUT2D eigenvalue weighted by Crippen LogP contribution is 2.29. The number of aldehydes is 1. The van der Waals surface area contributed by atoms with Gasteiger partial charge in [-0.25, -0.2) is 4.39 Å². The molecule has 0 bridgehead atoms. The van der Waals surface area contributed by atoms with Crippen LogP contribution in [-0.2, 0) is 0 Å². The normalized spacial score (nSPS) is 10.6. The van der Waals surface area contributed by atoms with Gasteiger partial charge in [0.15, 0.2) is 0 Å². The van der Waals surface area contributed by atoms with Crippen molar-refractivity contribution < 1.29 is 9.18 Å². The number of carbonyl (C=O) groups excluding carboxylic acids is 1. The van der Waals surface area contributed by atoms with Gasteiger partial charge in [-0.15, -0.1) is 11.3 Å². The van der Waals surface area contributed by atoms with Crippen LogP contribution >= 0.6 is 11.3 Å². The molecule has 0 saturated carbocycles. The van der Waals surface area contributed by atoms with E-state index in [1.807, 2.05) is 0 Å².